The summed E-state index contributed by atoms with van der Waals surface area (Å²) < 4.78 is 12.2. The number of fused-ring (bicyclic) bond motifs is 1. The Morgan fingerprint density at radius 1 is 1.09 bits per heavy atom. The predicted molar refractivity (Wildman–Crippen MR) is 133 cm³/mol. The van der Waals surface area contributed by atoms with E-state index in [1.165, 1.54) is 0 Å². The number of rotatable bonds is 6. The molecule has 0 atom stereocenters. The number of nitrogens with one attached hydrogen (secondary N) is 1. The van der Waals surface area contributed by atoms with E-state index < -0.39 is 0 Å². The third-order valence-electron chi connectivity index (χ3n) is 7.44. The highest BCUT2D eigenvalue weighted by atomic mass is 16.5. The fraction of sp³-hybridized carbons (Fsp3) is 0.556. The van der Waals surface area contributed by atoms with Gasteiger partial charge in [0.05, 0.1) is 19.8 Å². The van der Waals surface area contributed by atoms with E-state index in [-0.39, 0.29) is 17.6 Å². The molecule has 0 radical (unpaired) electrons. The number of methoxy groups -OCH3 is 1. The van der Waals surface area contributed by atoms with Crippen molar-refractivity contribution in [2.45, 2.75) is 71.6 Å². The first-order chi connectivity index (χ1) is 16.2. The highest BCUT2D eigenvalue weighted by Crippen LogP contribution is 2.40. The maximum atomic E-state index is 13.6. The van der Waals surface area contributed by atoms with Gasteiger partial charge >= 0.3 is 0 Å². The second kappa shape index (κ2) is 9.82. The molecule has 1 aliphatic heterocycles. The van der Waals surface area contributed by atoms with Gasteiger partial charge in [0.15, 0.2) is 11.5 Å². The molecule has 7 nitrogen and oxygen atoms in total. The monoisotopic (exact) mass is 467 g/mol. The molecule has 34 heavy (non-hydrogen) atoms. The van der Waals surface area contributed by atoms with Gasteiger partial charge in [0.25, 0.3) is 11.5 Å². The van der Waals surface area contributed by atoms with Crippen LogP contribution in [0.4, 0.5) is 0 Å². The number of aromatic amines is 1. The summed E-state index contributed by atoms with van der Waals surface area (Å²) in [5, 5.41) is 0. The molecule has 7 heteroatoms. The van der Waals surface area contributed by atoms with E-state index in [1.54, 1.807) is 12.0 Å². The van der Waals surface area contributed by atoms with Gasteiger partial charge in [0, 0.05) is 35.0 Å². The van der Waals surface area contributed by atoms with Crippen molar-refractivity contribution in [3.05, 3.63) is 56.0 Å². The molecule has 0 bridgehead atoms. The Morgan fingerprint density at radius 2 is 1.79 bits per heavy atom. The van der Waals surface area contributed by atoms with Crippen molar-refractivity contribution >= 4 is 5.91 Å². The third kappa shape index (κ3) is 4.71. The number of aromatic nitrogens is 1. The number of hydrogen-bond acceptors (Lipinski definition) is 5. The summed E-state index contributed by atoms with van der Waals surface area (Å²) in [5.74, 6) is 1.31. The van der Waals surface area contributed by atoms with Gasteiger partial charge in [-0.2, -0.15) is 0 Å². The van der Waals surface area contributed by atoms with Crippen molar-refractivity contribution in [2.24, 2.45) is 0 Å². The van der Waals surface area contributed by atoms with Gasteiger partial charge in [0.2, 0.25) is 0 Å². The molecule has 1 aromatic heterocycles. The van der Waals surface area contributed by atoms with E-state index in [1.807, 2.05) is 32.9 Å². The van der Waals surface area contributed by atoms with Gasteiger partial charge in [-0.05, 0) is 90.2 Å². The van der Waals surface area contributed by atoms with Crippen LogP contribution in [0.2, 0.25) is 0 Å². The number of amides is 1. The zero-order valence-corrected chi connectivity index (χ0v) is 21.3. The predicted octanol–water partition coefficient (Wildman–Crippen LogP) is 3.76. The molecule has 0 spiro atoms. The Hall–Kier alpha value is -2.80. The van der Waals surface area contributed by atoms with Crippen molar-refractivity contribution in [1.82, 2.24) is 14.8 Å². The summed E-state index contributed by atoms with van der Waals surface area (Å²) in [7, 11) is 5.91. The van der Waals surface area contributed by atoms with Crippen LogP contribution < -0.4 is 15.0 Å². The molecule has 0 unspecified atom stereocenters. The van der Waals surface area contributed by atoms with Gasteiger partial charge in [-0.25, -0.2) is 0 Å². The molecule has 1 amide bonds. The minimum Gasteiger partial charge on any atom is -0.493 e. The SMILES string of the molecule is COc1cc2c(c(C)c1O[C@H]1CC[C@H](N(C)C)CC1)C(=O)N(Cc1c(C)cc(C)[nH]c1=O)CC2. The summed E-state index contributed by atoms with van der Waals surface area (Å²) in [5.41, 5.74) is 4.74. The van der Waals surface area contributed by atoms with Gasteiger partial charge in [-0.1, -0.05) is 0 Å². The average molecular weight is 468 g/mol. The van der Waals surface area contributed by atoms with Crippen molar-refractivity contribution < 1.29 is 14.3 Å². The lowest BCUT2D eigenvalue weighted by atomic mass is 9.91. The number of benzene rings is 1. The summed E-state index contributed by atoms with van der Waals surface area (Å²) in [4.78, 5) is 33.1. The molecular weight excluding hydrogens is 430 g/mol. The highest BCUT2D eigenvalue weighted by Gasteiger charge is 2.32. The van der Waals surface area contributed by atoms with Crippen LogP contribution in [-0.4, -0.2) is 60.6 Å². The zero-order valence-electron chi connectivity index (χ0n) is 21.3. The lowest BCUT2D eigenvalue weighted by molar-refractivity contribution is 0.0722. The zero-order chi connectivity index (χ0) is 24.6. The molecule has 1 N–H and O–H groups in total. The third-order valence-corrected chi connectivity index (χ3v) is 7.44. The molecule has 4 rings (SSSR count). The van der Waals surface area contributed by atoms with E-state index in [4.69, 9.17) is 9.47 Å². The van der Waals surface area contributed by atoms with Crippen LogP contribution in [0.3, 0.4) is 0 Å². The first kappa shape index (κ1) is 24.3. The van der Waals surface area contributed by atoms with Crippen molar-refractivity contribution in [3.8, 4) is 11.5 Å². The fourth-order valence-electron chi connectivity index (χ4n) is 5.41. The summed E-state index contributed by atoms with van der Waals surface area (Å²) in [6, 6.07) is 4.50. The maximum absolute atomic E-state index is 13.6. The Balaban J connectivity index is 1.60. The van der Waals surface area contributed by atoms with E-state index in [0.29, 0.717) is 41.8 Å². The van der Waals surface area contributed by atoms with Crippen LogP contribution in [-0.2, 0) is 13.0 Å². The molecule has 2 aliphatic rings. The fourth-order valence-corrected chi connectivity index (χ4v) is 5.41. The first-order valence-electron chi connectivity index (χ1n) is 12.2. The topological polar surface area (TPSA) is 74.9 Å². The van der Waals surface area contributed by atoms with Gasteiger partial charge in [0.1, 0.15) is 0 Å². The van der Waals surface area contributed by atoms with Gasteiger partial charge in [-0.15, -0.1) is 0 Å². The average Bonchev–Trinajstić information content (AvgIpc) is 2.79. The Bertz CT molecular complexity index is 1130. The second-order valence-corrected chi connectivity index (χ2v) is 10.00. The van der Waals surface area contributed by atoms with Crippen LogP contribution >= 0.6 is 0 Å². The quantitative estimate of drug-likeness (QED) is 0.700. The normalized spacial score (nSPS) is 20.4. The number of carbonyl (C=O) groups is 1. The van der Waals surface area contributed by atoms with Crippen LogP contribution in [0.5, 0.6) is 11.5 Å². The lowest BCUT2D eigenvalue weighted by Crippen LogP contribution is -2.39. The Kier molecular flexibility index (Phi) is 7.03. The van der Waals surface area contributed by atoms with Crippen LogP contribution in [0.1, 0.15) is 64.0 Å². The van der Waals surface area contributed by atoms with Crippen LogP contribution in [0, 0.1) is 20.8 Å². The molecule has 184 valence electrons. The molecule has 1 aromatic carbocycles. The highest BCUT2D eigenvalue weighted by molar-refractivity contribution is 5.99. The number of nitrogens with zero attached hydrogens (tertiary/aromatic N) is 2. The Labute approximate surface area is 202 Å². The van der Waals surface area contributed by atoms with E-state index in [9.17, 15) is 9.59 Å². The van der Waals surface area contributed by atoms with Gasteiger partial charge < -0.3 is 24.3 Å². The van der Waals surface area contributed by atoms with Crippen LogP contribution in [0.15, 0.2) is 16.9 Å². The summed E-state index contributed by atoms with van der Waals surface area (Å²) in [6.07, 6.45) is 5.00. The number of carbonyl (C=O) groups excluding carboxylic acids is 1. The molecule has 2 heterocycles. The van der Waals surface area contributed by atoms with E-state index in [0.717, 1.165) is 54.5 Å². The van der Waals surface area contributed by atoms with Gasteiger partial charge in [-0.3, -0.25) is 9.59 Å². The van der Waals surface area contributed by atoms with Crippen LogP contribution in [0.25, 0.3) is 0 Å². The lowest BCUT2D eigenvalue weighted by Gasteiger charge is -2.34. The number of ether oxygens (including phenoxy) is 2. The first-order valence-corrected chi connectivity index (χ1v) is 12.2. The van der Waals surface area contributed by atoms with Crippen molar-refractivity contribution in [3.63, 3.8) is 0 Å². The number of pyridine rings is 1. The van der Waals surface area contributed by atoms with E-state index in [2.05, 4.69) is 24.0 Å². The van der Waals surface area contributed by atoms with Crippen molar-refractivity contribution in [1.29, 1.82) is 0 Å². The molecule has 0 saturated heterocycles. The van der Waals surface area contributed by atoms with E-state index >= 15 is 0 Å². The largest absolute Gasteiger partial charge is 0.493 e. The molecule has 1 saturated carbocycles. The minimum atomic E-state index is -0.125. The molecular formula is C27H37N3O4. The number of aryl methyl sites for hydroxylation is 2. The summed E-state index contributed by atoms with van der Waals surface area (Å²) in [6.45, 7) is 6.61. The smallest absolute Gasteiger partial charge is 0.254 e. The number of hydrogen-bond donors (Lipinski definition) is 1. The standard InChI is InChI=1S/C27H37N3O4/c1-16-13-17(2)28-26(31)22(16)15-30-12-11-19-14-23(33-6)25(18(3)24(19)27(30)32)34-21-9-7-20(8-10-21)29(4)5/h13-14,20-21H,7-12,15H2,1-6H3,(H,28,31)/t20-,21-. The number of H-pyrrole nitrogens is 1. The Morgan fingerprint density at radius 3 is 2.41 bits per heavy atom. The maximum Gasteiger partial charge on any atom is 0.254 e. The summed E-state index contributed by atoms with van der Waals surface area (Å²) >= 11 is 0. The molecule has 2 aromatic rings. The van der Waals surface area contributed by atoms with Crippen molar-refractivity contribution in [2.75, 3.05) is 27.7 Å². The molecule has 1 aliphatic carbocycles. The molecule has 1 fully saturated rings. The second-order valence-electron chi connectivity index (χ2n) is 10.00. The minimum absolute atomic E-state index is 0.0538.